The van der Waals surface area contributed by atoms with Crippen molar-refractivity contribution in [2.75, 3.05) is 6.61 Å². The van der Waals surface area contributed by atoms with Gasteiger partial charge in [0, 0.05) is 5.92 Å². The van der Waals surface area contributed by atoms with Crippen LogP contribution in [-0.2, 0) is 14.3 Å². The van der Waals surface area contributed by atoms with Crippen molar-refractivity contribution in [3.63, 3.8) is 0 Å². The number of esters is 1. The number of carbonyl (C=O) groups is 2. The highest BCUT2D eigenvalue weighted by molar-refractivity contribution is 5.89. The molecule has 18 heavy (non-hydrogen) atoms. The first-order valence-electron chi connectivity index (χ1n) is 7.17. The van der Waals surface area contributed by atoms with Crippen molar-refractivity contribution in [2.24, 2.45) is 5.92 Å². The Kier molecular flexibility index (Phi) is 4.25. The zero-order chi connectivity index (χ0) is 13.0. The summed E-state index contributed by atoms with van der Waals surface area (Å²) in [6, 6.07) is 0. The summed E-state index contributed by atoms with van der Waals surface area (Å²) in [6.45, 7) is 2.18. The second-order valence-electron chi connectivity index (χ2n) is 5.48. The van der Waals surface area contributed by atoms with Gasteiger partial charge in [-0.25, -0.2) is 4.79 Å². The fraction of sp³-hybridized carbons (Fsp3) is 0.857. The number of ether oxygens (including phenoxy) is 1. The van der Waals surface area contributed by atoms with E-state index in [2.05, 4.69) is 5.32 Å². The lowest BCUT2D eigenvalue weighted by Gasteiger charge is -2.37. The Morgan fingerprint density at radius 3 is 2.33 bits per heavy atom. The van der Waals surface area contributed by atoms with E-state index in [-0.39, 0.29) is 17.8 Å². The van der Waals surface area contributed by atoms with Gasteiger partial charge in [-0.1, -0.05) is 25.7 Å². The molecule has 2 rings (SSSR count). The van der Waals surface area contributed by atoms with E-state index >= 15 is 0 Å². The van der Waals surface area contributed by atoms with Crippen LogP contribution in [0.2, 0.25) is 0 Å². The summed E-state index contributed by atoms with van der Waals surface area (Å²) in [4.78, 5) is 24.2. The van der Waals surface area contributed by atoms with Crippen LogP contribution in [0.5, 0.6) is 0 Å². The molecule has 0 spiro atoms. The predicted molar refractivity (Wildman–Crippen MR) is 67.9 cm³/mol. The molecule has 0 bridgehead atoms. The highest BCUT2D eigenvalue weighted by atomic mass is 16.5. The lowest BCUT2D eigenvalue weighted by atomic mass is 9.79. The Bertz CT molecular complexity index is 317. The van der Waals surface area contributed by atoms with Crippen molar-refractivity contribution in [3.05, 3.63) is 0 Å². The van der Waals surface area contributed by atoms with Gasteiger partial charge in [0.1, 0.15) is 5.54 Å². The summed E-state index contributed by atoms with van der Waals surface area (Å²) in [5, 5.41) is 3.01. The molecule has 0 saturated heterocycles. The molecule has 2 fully saturated rings. The second kappa shape index (κ2) is 5.72. The minimum absolute atomic E-state index is 0.0520. The Morgan fingerprint density at radius 1 is 1.17 bits per heavy atom. The van der Waals surface area contributed by atoms with Crippen LogP contribution in [0.15, 0.2) is 0 Å². The molecule has 0 radical (unpaired) electrons. The van der Waals surface area contributed by atoms with E-state index in [1.807, 2.05) is 6.92 Å². The Hall–Kier alpha value is -1.06. The van der Waals surface area contributed by atoms with Crippen LogP contribution in [0.25, 0.3) is 0 Å². The molecule has 2 saturated carbocycles. The zero-order valence-corrected chi connectivity index (χ0v) is 11.2. The first-order chi connectivity index (χ1) is 8.68. The quantitative estimate of drug-likeness (QED) is 0.781. The second-order valence-corrected chi connectivity index (χ2v) is 5.48. The van der Waals surface area contributed by atoms with Gasteiger partial charge >= 0.3 is 5.97 Å². The first kappa shape index (κ1) is 13.4. The molecule has 0 heterocycles. The van der Waals surface area contributed by atoms with Crippen LogP contribution in [0, 0.1) is 5.92 Å². The predicted octanol–water partition coefficient (Wildman–Crippen LogP) is 2.17. The molecule has 4 nitrogen and oxygen atoms in total. The average Bonchev–Trinajstić information content (AvgIpc) is 2.28. The molecule has 0 atom stereocenters. The van der Waals surface area contributed by atoms with E-state index in [0.29, 0.717) is 6.61 Å². The van der Waals surface area contributed by atoms with Gasteiger partial charge in [-0.15, -0.1) is 0 Å². The van der Waals surface area contributed by atoms with Crippen LogP contribution < -0.4 is 5.32 Å². The molecule has 1 amide bonds. The zero-order valence-electron chi connectivity index (χ0n) is 11.2. The van der Waals surface area contributed by atoms with E-state index in [0.717, 1.165) is 51.4 Å². The summed E-state index contributed by atoms with van der Waals surface area (Å²) in [5.41, 5.74) is -0.735. The van der Waals surface area contributed by atoms with Gasteiger partial charge < -0.3 is 10.1 Å². The van der Waals surface area contributed by atoms with Crippen molar-refractivity contribution in [3.8, 4) is 0 Å². The number of hydrogen-bond acceptors (Lipinski definition) is 3. The van der Waals surface area contributed by atoms with Crippen molar-refractivity contribution < 1.29 is 14.3 Å². The summed E-state index contributed by atoms with van der Waals surface area (Å²) in [6.07, 6.45) is 7.63. The van der Waals surface area contributed by atoms with E-state index in [1.54, 1.807) is 0 Å². The lowest BCUT2D eigenvalue weighted by molar-refractivity contribution is -0.156. The smallest absolute Gasteiger partial charge is 0.331 e. The highest BCUT2D eigenvalue weighted by Crippen LogP contribution is 2.32. The van der Waals surface area contributed by atoms with Gasteiger partial charge in [0.15, 0.2) is 0 Å². The van der Waals surface area contributed by atoms with Gasteiger partial charge in [0.2, 0.25) is 5.91 Å². The summed E-state index contributed by atoms with van der Waals surface area (Å²) < 4.78 is 5.16. The molecule has 0 aliphatic heterocycles. The van der Waals surface area contributed by atoms with Gasteiger partial charge in [0.05, 0.1) is 6.61 Å². The van der Waals surface area contributed by atoms with Gasteiger partial charge in [-0.3, -0.25) is 4.79 Å². The monoisotopic (exact) mass is 253 g/mol. The molecule has 0 aromatic rings. The molecule has 2 aliphatic rings. The van der Waals surface area contributed by atoms with Crippen molar-refractivity contribution in [2.45, 2.75) is 63.8 Å². The molecular formula is C14H23NO3. The van der Waals surface area contributed by atoms with Crippen LogP contribution >= 0.6 is 0 Å². The Morgan fingerprint density at radius 2 is 1.83 bits per heavy atom. The Labute approximate surface area is 108 Å². The lowest BCUT2D eigenvalue weighted by Crippen LogP contribution is -2.58. The fourth-order valence-corrected chi connectivity index (χ4v) is 2.81. The first-order valence-corrected chi connectivity index (χ1v) is 7.17. The van der Waals surface area contributed by atoms with Gasteiger partial charge in [0.25, 0.3) is 0 Å². The van der Waals surface area contributed by atoms with E-state index in [4.69, 9.17) is 4.74 Å². The van der Waals surface area contributed by atoms with Crippen molar-refractivity contribution in [1.29, 1.82) is 0 Å². The van der Waals surface area contributed by atoms with E-state index < -0.39 is 5.54 Å². The van der Waals surface area contributed by atoms with Crippen LogP contribution in [0.4, 0.5) is 0 Å². The number of carbonyl (C=O) groups excluding carboxylic acids is 2. The number of rotatable bonds is 4. The van der Waals surface area contributed by atoms with Crippen molar-refractivity contribution >= 4 is 11.9 Å². The fourth-order valence-electron chi connectivity index (χ4n) is 2.81. The minimum atomic E-state index is -0.735. The van der Waals surface area contributed by atoms with E-state index in [1.165, 1.54) is 0 Å². The SMILES string of the molecule is CCOC(=O)C1(NC(=O)C2CCC2)CCCCC1. The van der Waals surface area contributed by atoms with Crippen LogP contribution in [-0.4, -0.2) is 24.0 Å². The highest BCUT2D eigenvalue weighted by Gasteiger charge is 2.43. The third-order valence-electron chi connectivity index (χ3n) is 4.21. The topological polar surface area (TPSA) is 55.4 Å². The third-order valence-corrected chi connectivity index (χ3v) is 4.21. The molecule has 0 unspecified atom stereocenters. The number of hydrogen-bond donors (Lipinski definition) is 1. The number of nitrogens with one attached hydrogen (secondary N) is 1. The third kappa shape index (κ3) is 2.68. The molecule has 2 aliphatic carbocycles. The van der Waals surface area contributed by atoms with Gasteiger partial charge in [-0.2, -0.15) is 0 Å². The molecule has 1 N–H and O–H groups in total. The Balaban J connectivity index is 2.03. The van der Waals surface area contributed by atoms with Crippen LogP contribution in [0.1, 0.15) is 58.3 Å². The summed E-state index contributed by atoms with van der Waals surface area (Å²) in [7, 11) is 0. The number of amides is 1. The molecular weight excluding hydrogens is 230 g/mol. The van der Waals surface area contributed by atoms with Crippen molar-refractivity contribution in [1.82, 2.24) is 5.32 Å². The maximum Gasteiger partial charge on any atom is 0.331 e. The minimum Gasteiger partial charge on any atom is -0.464 e. The molecule has 0 aromatic carbocycles. The molecule has 102 valence electrons. The summed E-state index contributed by atoms with van der Waals surface area (Å²) in [5.74, 6) is -0.0631. The average molecular weight is 253 g/mol. The normalized spacial score (nSPS) is 22.9. The summed E-state index contributed by atoms with van der Waals surface area (Å²) >= 11 is 0. The van der Waals surface area contributed by atoms with Crippen LogP contribution in [0.3, 0.4) is 0 Å². The van der Waals surface area contributed by atoms with Gasteiger partial charge in [-0.05, 0) is 32.6 Å². The standard InChI is InChI=1S/C14H23NO3/c1-2-18-13(17)14(9-4-3-5-10-14)15-12(16)11-7-6-8-11/h11H,2-10H2,1H3,(H,15,16). The maximum atomic E-state index is 12.1. The maximum absolute atomic E-state index is 12.1. The largest absolute Gasteiger partial charge is 0.464 e. The molecule has 0 aromatic heterocycles. The molecule has 4 heteroatoms. The van der Waals surface area contributed by atoms with E-state index in [9.17, 15) is 9.59 Å².